The van der Waals surface area contributed by atoms with Crippen LogP contribution in [0.25, 0.3) is 6.08 Å². The van der Waals surface area contributed by atoms with Crippen LogP contribution in [-0.2, 0) is 22.7 Å². The van der Waals surface area contributed by atoms with Crippen molar-refractivity contribution in [2.45, 2.75) is 20.0 Å². The molecule has 0 saturated heterocycles. The number of para-hydroxylation sites is 1. The van der Waals surface area contributed by atoms with Gasteiger partial charge in [-0.1, -0.05) is 24.3 Å². The van der Waals surface area contributed by atoms with E-state index >= 15 is 0 Å². The van der Waals surface area contributed by atoms with Crippen LogP contribution in [0.4, 0.5) is 15.2 Å². The van der Waals surface area contributed by atoms with E-state index in [0.29, 0.717) is 23.9 Å². The highest BCUT2D eigenvalue weighted by Crippen LogP contribution is 2.31. The molecule has 1 aromatic carbocycles. The number of thiazole rings is 1. The Bertz CT molecular complexity index is 1210. The van der Waals surface area contributed by atoms with E-state index in [9.17, 15) is 14.0 Å². The summed E-state index contributed by atoms with van der Waals surface area (Å²) in [5.41, 5.74) is 0.669. The van der Waals surface area contributed by atoms with Gasteiger partial charge >= 0.3 is 0 Å². The van der Waals surface area contributed by atoms with Crippen LogP contribution in [0.5, 0.6) is 0 Å². The van der Waals surface area contributed by atoms with E-state index in [0.717, 1.165) is 9.75 Å². The van der Waals surface area contributed by atoms with Crippen molar-refractivity contribution in [3.63, 3.8) is 0 Å². The van der Waals surface area contributed by atoms with Gasteiger partial charge in [0.25, 0.3) is 0 Å². The van der Waals surface area contributed by atoms with E-state index < -0.39 is 5.82 Å². The molecule has 4 rings (SSSR count). The van der Waals surface area contributed by atoms with Crippen LogP contribution in [0, 0.1) is 5.82 Å². The Morgan fingerprint density at radius 1 is 0.970 bits per heavy atom. The molecule has 0 bridgehead atoms. The number of hydrogen-bond donors (Lipinski definition) is 0. The number of carbonyl (C=O) groups excluding carboxylic acids is 2. The number of aromatic nitrogens is 1. The average molecular weight is 498 g/mol. The molecule has 0 aliphatic heterocycles. The number of rotatable bonds is 8. The van der Waals surface area contributed by atoms with Crippen molar-refractivity contribution in [3.8, 4) is 0 Å². The zero-order valence-electron chi connectivity index (χ0n) is 17.7. The van der Waals surface area contributed by atoms with Gasteiger partial charge in [-0.15, -0.1) is 34.0 Å². The zero-order valence-corrected chi connectivity index (χ0v) is 20.1. The van der Waals surface area contributed by atoms with Crippen molar-refractivity contribution in [2.24, 2.45) is 0 Å². The lowest BCUT2D eigenvalue weighted by Crippen LogP contribution is -2.27. The standard InChI is InChI=1S/C24H20FN3O2S3/c1-17(29)28(22-9-3-2-8-21(22)25)24-26-18(16-33-24)10-11-23(30)27(14-19-6-4-12-31-19)15-20-7-5-13-32-20/h2-13,16H,14-15H2,1H3. The lowest BCUT2D eigenvalue weighted by Gasteiger charge is -2.19. The van der Waals surface area contributed by atoms with Gasteiger partial charge < -0.3 is 4.90 Å². The molecule has 0 aliphatic carbocycles. The van der Waals surface area contributed by atoms with Crippen molar-refractivity contribution in [1.29, 1.82) is 0 Å². The van der Waals surface area contributed by atoms with E-state index in [1.165, 1.54) is 41.4 Å². The highest BCUT2D eigenvalue weighted by atomic mass is 32.1. The first-order valence-electron chi connectivity index (χ1n) is 10.0. The van der Waals surface area contributed by atoms with E-state index in [-0.39, 0.29) is 17.5 Å². The fraction of sp³-hybridized carbons (Fsp3) is 0.125. The first-order chi connectivity index (χ1) is 16.0. The summed E-state index contributed by atoms with van der Waals surface area (Å²) in [6.45, 7) is 2.40. The summed E-state index contributed by atoms with van der Waals surface area (Å²) in [5.74, 6) is -0.990. The van der Waals surface area contributed by atoms with Crippen molar-refractivity contribution in [2.75, 3.05) is 4.90 Å². The minimum absolute atomic E-state index is 0.135. The molecule has 4 aromatic rings. The Hall–Kier alpha value is -3.14. The zero-order chi connectivity index (χ0) is 23.2. The molecule has 0 unspecified atom stereocenters. The maximum atomic E-state index is 14.3. The van der Waals surface area contributed by atoms with Crippen LogP contribution in [0.15, 0.2) is 70.7 Å². The summed E-state index contributed by atoms with van der Waals surface area (Å²) < 4.78 is 14.3. The minimum Gasteiger partial charge on any atom is -0.329 e. The third-order valence-corrected chi connectivity index (χ3v) is 7.24. The highest BCUT2D eigenvalue weighted by molar-refractivity contribution is 7.14. The van der Waals surface area contributed by atoms with Gasteiger partial charge in [0.2, 0.25) is 11.8 Å². The second-order valence-corrected chi connectivity index (χ2v) is 9.95. The molecule has 0 spiro atoms. The second-order valence-electron chi connectivity index (χ2n) is 7.05. The third-order valence-electron chi connectivity index (χ3n) is 4.67. The van der Waals surface area contributed by atoms with Gasteiger partial charge in [0.05, 0.1) is 24.5 Å². The minimum atomic E-state index is -0.507. The van der Waals surface area contributed by atoms with Crippen molar-refractivity contribution < 1.29 is 14.0 Å². The summed E-state index contributed by atoms with van der Waals surface area (Å²) in [7, 11) is 0. The second kappa shape index (κ2) is 10.7. The Balaban J connectivity index is 1.52. The number of nitrogens with zero attached hydrogens (tertiary/aromatic N) is 3. The van der Waals surface area contributed by atoms with E-state index in [1.54, 1.807) is 51.2 Å². The first kappa shape index (κ1) is 23.0. The molecule has 33 heavy (non-hydrogen) atoms. The highest BCUT2D eigenvalue weighted by Gasteiger charge is 2.20. The predicted octanol–water partition coefficient (Wildman–Crippen LogP) is 6.33. The smallest absolute Gasteiger partial charge is 0.247 e. The maximum Gasteiger partial charge on any atom is 0.247 e. The molecule has 168 valence electrons. The molecular weight excluding hydrogens is 477 g/mol. The maximum absolute atomic E-state index is 14.3. The number of carbonyl (C=O) groups is 2. The van der Waals surface area contributed by atoms with Gasteiger partial charge in [-0.05, 0) is 41.1 Å². The first-order valence-corrected chi connectivity index (χ1v) is 12.7. The molecule has 5 nitrogen and oxygen atoms in total. The normalized spacial score (nSPS) is 11.1. The Labute approximate surface area is 203 Å². The number of halogens is 1. The molecule has 0 N–H and O–H groups in total. The average Bonchev–Trinajstić information content (AvgIpc) is 3.57. The summed E-state index contributed by atoms with van der Waals surface area (Å²) >= 11 is 4.43. The third kappa shape index (κ3) is 5.81. The summed E-state index contributed by atoms with van der Waals surface area (Å²) in [6, 6.07) is 14.0. The molecule has 3 heterocycles. The summed E-state index contributed by atoms with van der Waals surface area (Å²) in [4.78, 5) is 34.9. The summed E-state index contributed by atoms with van der Waals surface area (Å²) in [6.07, 6.45) is 3.11. The lowest BCUT2D eigenvalue weighted by molar-refractivity contribution is -0.127. The molecule has 0 saturated carbocycles. The van der Waals surface area contributed by atoms with Crippen LogP contribution < -0.4 is 4.90 Å². The van der Waals surface area contributed by atoms with Crippen molar-refractivity contribution in [3.05, 3.63) is 92.0 Å². The lowest BCUT2D eigenvalue weighted by atomic mass is 10.3. The van der Waals surface area contributed by atoms with Gasteiger partial charge in [0, 0.05) is 28.1 Å². The largest absolute Gasteiger partial charge is 0.329 e. The van der Waals surface area contributed by atoms with Crippen LogP contribution in [-0.4, -0.2) is 21.7 Å². The molecule has 0 aliphatic rings. The molecule has 0 fully saturated rings. The monoisotopic (exact) mass is 497 g/mol. The number of thiophene rings is 2. The molecule has 9 heteroatoms. The van der Waals surface area contributed by atoms with Crippen LogP contribution >= 0.6 is 34.0 Å². The topological polar surface area (TPSA) is 53.5 Å². The number of benzene rings is 1. The van der Waals surface area contributed by atoms with Gasteiger partial charge in [0.1, 0.15) is 5.82 Å². The molecule has 0 radical (unpaired) electrons. The summed E-state index contributed by atoms with van der Waals surface area (Å²) in [5, 5.41) is 6.06. The number of anilines is 2. The molecular formula is C24H20FN3O2S3. The Morgan fingerprint density at radius 2 is 1.64 bits per heavy atom. The molecule has 2 amide bonds. The fourth-order valence-corrected chi connectivity index (χ4v) is 5.44. The Kier molecular flexibility index (Phi) is 7.43. The van der Waals surface area contributed by atoms with E-state index in [4.69, 9.17) is 0 Å². The molecule has 3 aromatic heterocycles. The van der Waals surface area contributed by atoms with Crippen molar-refractivity contribution >= 4 is 62.7 Å². The quantitative estimate of drug-likeness (QED) is 0.267. The number of amides is 2. The molecule has 0 atom stereocenters. The van der Waals surface area contributed by atoms with Crippen LogP contribution in [0.2, 0.25) is 0 Å². The van der Waals surface area contributed by atoms with Crippen LogP contribution in [0.3, 0.4) is 0 Å². The Morgan fingerprint density at radius 3 is 2.21 bits per heavy atom. The van der Waals surface area contributed by atoms with Crippen LogP contribution in [0.1, 0.15) is 22.4 Å². The van der Waals surface area contributed by atoms with Gasteiger partial charge in [-0.25, -0.2) is 9.37 Å². The van der Waals surface area contributed by atoms with Gasteiger partial charge in [0.15, 0.2) is 5.13 Å². The van der Waals surface area contributed by atoms with E-state index in [1.807, 2.05) is 35.0 Å². The van der Waals surface area contributed by atoms with Gasteiger partial charge in [-0.3, -0.25) is 14.5 Å². The fourth-order valence-electron chi connectivity index (χ4n) is 3.15. The van der Waals surface area contributed by atoms with Gasteiger partial charge in [-0.2, -0.15) is 0 Å². The van der Waals surface area contributed by atoms with E-state index in [2.05, 4.69) is 4.98 Å². The predicted molar refractivity (Wildman–Crippen MR) is 133 cm³/mol. The number of hydrogen-bond acceptors (Lipinski definition) is 6. The SMILES string of the molecule is CC(=O)N(c1nc(C=CC(=O)N(Cc2cccs2)Cc2cccs2)cs1)c1ccccc1F. The van der Waals surface area contributed by atoms with Crippen molar-refractivity contribution in [1.82, 2.24) is 9.88 Å².